The van der Waals surface area contributed by atoms with Gasteiger partial charge in [0.25, 0.3) is 11.8 Å². The Morgan fingerprint density at radius 3 is 2.66 bits per heavy atom. The predicted molar refractivity (Wildman–Crippen MR) is 113 cm³/mol. The number of carbonyl (C=O) groups excluding carboxylic acids is 3. The average molecular weight is 459 g/mol. The van der Waals surface area contributed by atoms with Crippen molar-refractivity contribution in [3.63, 3.8) is 0 Å². The van der Waals surface area contributed by atoms with Crippen LogP contribution in [-0.2, 0) is 4.79 Å². The van der Waals surface area contributed by atoms with Gasteiger partial charge in [-0.25, -0.2) is 0 Å². The van der Waals surface area contributed by atoms with Crippen molar-refractivity contribution in [2.24, 2.45) is 0 Å². The van der Waals surface area contributed by atoms with Crippen LogP contribution in [0.5, 0.6) is 5.75 Å². The molecule has 3 amide bonds. The molecule has 7 heteroatoms. The Bertz CT molecular complexity index is 929. The predicted octanol–water partition coefficient (Wildman–Crippen LogP) is 3.72. The zero-order valence-corrected chi connectivity index (χ0v) is 17.8. The second-order valence-electron chi connectivity index (χ2n) is 6.92. The van der Waals surface area contributed by atoms with E-state index >= 15 is 0 Å². The van der Waals surface area contributed by atoms with E-state index in [9.17, 15) is 14.4 Å². The molecule has 0 atom stereocenters. The van der Waals surface area contributed by atoms with E-state index < -0.39 is 0 Å². The van der Waals surface area contributed by atoms with Gasteiger partial charge in [0.05, 0.1) is 17.7 Å². The molecule has 29 heavy (non-hydrogen) atoms. The maximum absolute atomic E-state index is 12.4. The number of amides is 3. The molecule has 0 spiro atoms. The number of imide groups is 1. The zero-order valence-electron chi connectivity index (χ0n) is 16.2. The van der Waals surface area contributed by atoms with Gasteiger partial charge >= 0.3 is 0 Å². The Morgan fingerprint density at radius 1 is 1.07 bits per heavy atom. The fraction of sp³-hybridized carbons (Fsp3) is 0.318. The molecular formula is C22H23BrN2O4. The highest BCUT2D eigenvalue weighted by Gasteiger charge is 2.35. The van der Waals surface area contributed by atoms with Crippen LogP contribution < -0.4 is 10.1 Å². The van der Waals surface area contributed by atoms with Crippen molar-refractivity contribution in [1.82, 2.24) is 10.2 Å². The molecule has 0 fully saturated rings. The van der Waals surface area contributed by atoms with Gasteiger partial charge in [0.15, 0.2) is 0 Å². The molecule has 0 radical (unpaired) electrons. The molecule has 0 aliphatic carbocycles. The molecule has 0 aromatic heterocycles. The highest BCUT2D eigenvalue weighted by Crippen LogP contribution is 2.26. The number of ether oxygens (including phenoxy) is 1. The number of fused-ring (bicyclic) bond motifs is 1. The molecule has 2 aromatic rings. The summed E-state index contributed by atoms with van der Waals surface area (Å²) in [5, 5.41) is 2.84. The minimum atomic E-state index is -0.306. The van der Waals surface area contributed by atoms with Crippen molar-refractivity contribution < 1.29 is 19.1 Å². The first kappa shape index (κ1) is 21.0. The van der Waals surface area contributed by atoms with Gasteiger partial charge < -0.3 is 10.1 Å². The highest BCUT2D eigenvalue weighted by atomic mass is 79.9. The minimum Gasteiger partial charge on any atom is -0.494 e. The molecule has 2 aromatic carbocycles. The maximum atomic E-state index is 12.4. The largest absolute Gasteiger partial charge is 0.494 e. The number of hydrogen-bond acceptors (Lipinski definition) is 4. The topological polar surface area (TPSA) is 75.7 Å². The average Bonchev–Trinajstić information content (AvgIpc) is 2.92. The quantitative estimate of drug-likeness (QED) is 0.458. The highest BCUT2D eigenvalue weighted by molar-refractivity contribution is 9.10. The van der Waals surface area contributed by atoms with E-state index in [1.807, 2.05) is 31.2 Å². The van der Waals surface area contributed by atoms with Crippen molar-refractivity contribution in [3.05, 3.63) is 63.6 Å². The van der Waals surface area contributed by atoms with E-state index in [2.05, 4.69) is 21.2 Å². The Hall–Kier alpha value is -2.67. The van der Waals surface area contributed by atoms with Crippen LogP contribution in [-0.4, -0.2) is 42.3 Å². The van der Waals surface area contributed by atoms with Gasteiger partial charge in [-0.3, -0.25) is 19.3 Å². The van der Waals surface area contributed by atoms with Gasteiger partial charge in [-0.1, -0.05) is 28.1 Å². The molecule has 0 saturated heterocycles. The summed E-state index contributed by atoms with van der Waals surface area (Å²) in [4.78, 5) is 37.9. The fourth-order valence-corrected chi connectivity index (χ4v) is 3.51. The summed E-state index contributed by atoms with van der Waals surface area (Å²) in [6.07, 6.45) is 1.39. The first-order valence-electron chi connectivity index (χ1n) is 9.57. The normalized spacial score (nSPS) is 12.8. The van der Waals surface area contributed by atoms with Crippen LogP contribution in [0.2, 0.25) is 0 Å². The smallest absolute Gasteiger partial charge is 0.261 e. The Balaban J connectivity index is 1.33. The maximum Gasteiger partial charge on any atom is 0.261 e. The number of rotatable bonds is 9. The SMILES string of the molecule is Cc1cccc(OCCCNC(=O)CCCN2C(=O)c3ccc(Br)cc3C2=O)c1. The number of hydrogen-bond donors (Lipinski definition) is 1. The second-order valence-corrected chi connectivity index (χ2v) is 7.84. The van der Waals surface area contributed by atoms with E-state index in [-0.39, 0.29) is 30.7 Å². The van der Waals surface area contributed by atoms with Crippen molar-refractivity contribution in [2.75, 3.05) is 19.7 Å². The van der Waals surface area contributed by atoms with Crippen LogP contribution in [0.1, 0.15) is 45.5 Å². The third-order valence-electron chi connectivity index (χ3n) is 4.62. The van der Waals surface area contributed by atoms with Crippen molar-refractivity contribution in [2.45, 2.75) is 26.2 Å². The summed E-state index contributed by atoms with van der Waals surface area (Å²) in [6, 6.07) is 12.9. The summed E-state index contributed by atoms with van der Waals surface area (Å²) < 4.78 is 6.40. The molecule has 1 N–H and O–H groups in total. The molecule has 0 unspecified atom stereocenters. The summed E-state index contributed by atoms with van der Waals surface area (Å²) in [7, 11) is 0. The Labute approximate surface area is 178 Å². The minimum absolute atomic E-state index is 0.0973. The van der Waals surface area contributed by atoms with Crippen LogP contribution in [0.15, 0.2) is 46.9 Å². The summed E-state index contributed by atoms with van der Waals surface area (Å²) in [5.41, 5.74) is 1.96. The molecular weight excluding hydrogens is 436 g/mol. The fourth-order valence-electron chi connectivity index (χ4n) is 3.15. The number of halogens is 1. The van der Waals surface area contributed by atoms with Crippen LogP contribution in [0.3, 0.4) is 0 Å². The van der Waals surface area contributed by atoms with E-state index in [1.54, 1.807) is 18.2 Å². The van der Waals surface area contributed by atoms with E-state index in [4.69, 9.17) is 4.74 Å². The van der Waals surface area contributed by atoms with Gasteiger partial charge in [0, 0.05) is 24.0 Å². The van der Waals surface area contributed by atoms with Crippen LogP contribution in [0.4, 0.5) is 0 Å². The summed E-state index contributed by atoms with van der Waals surface area (Å²) >= 11 is 3.31. The zero-order chi connectivity index (χ0) is 20.8. The van der Waals surface area contributed by atoms with E-state index in [1.165, 1.54) is 4.90 Å². The second kappa shape index (κ2) is 9.69. The van der Waals surface area contributed by atoms with Gasteiger partial charge in [-0.15, -0.1) is 0 Å². The lowest BCUT2D eigenvalue weighted by Gasteiger charge is -2.13. The molecule has 0 bridgehead atoms. The van der Waals surface area contributed by atoms with Crippen LogP contribution in [0.25, 0.3) is 0 Å². The Morgan fingerprint density at radius 2 is 1.86 bits per heavy atom. The monoisotopic (exact) mass is 458 g/mol. The van der Waals surface area contributed by atoms with E-state index in [0.717, 1.165) is 15.8 Å². The van der Waals surface area contributed by atoms with Gasteiger partial charge in [0.1, 0.15) is 5.75 Å². The first-order valence-corrected chi connectivity index (χ1v) is 10.4. The van der Waals surface area contributed by atoms with Gasteiger partial charge in [-0.05, 0) is 55.7 Å². The number of benzene rings is 2. The summed E-state index contributed by atoms with van der Waals surface area (Å²) in [6.45, 7) is 3.28. The summed E-state index contributed by atoms with van der Waals surface area (Å²) in [5.74, 6) is 0.121. The number of aryl methyl sites for hydroxylation is 1. The lowest BCUT2D eigenvalue weighted by Crippen LogP contribution is -2.32. The van der Waals surface area contributed by atoms with Gasteiger partial charge in [-0.2, -0.15) is 0 Å². The molecule has 1 aliphatic rings. The molecule has 0 saturated carbocycles. The van der Waals surface area contributed by atoms with Crippen LogP contribution in [0, 0.1) is 6.92 Å². The molecule has 1 heterocycles. The third kappa shape index (κ3) is 5.44. The standard InChI is InChI=1S/C22H23BrN2O4/c1-15-5-2-6-17(13-15)29-12-4-10-24-20(26)7-3-11-25-21(27)18-9-8-16(23)14-19(18)22(25)28/h2,5-6,8-9,13-14H,3-4,7,10-12H2,1H3,(H,24,26). The van der Waals surface area contributed by atoms with Crippen molar-refractivity contribution >= 4 is 33.7 Å². The number of nitrogens with one attached hydrogen (secondary N) is 1. The first-order chi connectivity index (χ1) is 14.0. The van der Waals surface area contributed by atoms with Crippen molar-refractivity contribution in [3.8, 4) is 5.75 Å². The molecule has 1 aliphatic heterocycles. The van der Waals surface area contributed by atoms with E-state index in [0.29, 0.717) is 37.1 Å². The van der Waals surface area contributed by atoms with Crippen molar-refractivity contribution in [1.29, 1.82) is 0 Å². The molecule has 152 valence electrons. The lowest BCUT2D eigenvalue weighted by molar-refractivity contribution is -0.121. The number of nitrogens with zero attached hydrogens (tertiary/aromatic N) is 1. The lowest BCUT2D eigenvalue weighted by atomic mass is 10.1. The number of carbonyl (C=O) groups is 3. The third-order valence-corrected chi connectivity index (χ3v) is 5.11. The Kier molecular flexibility index (Phi) is 7.04. The molecule has 3 rings (SSSR count). The van der Waals surface area contributed by atoms with Gasteiger partial charge in [0.2, 0.25) is 5.91 Å². The van der Waals surface area contributed by atoms with Crippen LogP contribution >= 0.6 is 15.9 Å². The molecule has 6 nitrogen and oxygen atoms in total.